The maximum absolute atomic E-state index is 13.0. The zero-order valence-electron chi connectivity index (χ0n) is 20.3. The summed E-state index contributed by atoms with van der Waals surface area (Å²) in [6.07, 6.45) is 3.22. The molecule has 0 aromatic rings. The summed E-state index contributed by atoms with van der Waals surface area (Å²) in [5, 5.41) is 11.9. The van der Waals surface area contributed by atoms with Crippen LogP contribution in [0, 0.1) is 29.1 Å². The maximum Gasteiger partial charge on any atom is 0.311 e. The molecule has 33 heavy (non-hydrogen) atoms. The summed E-state index contributed by atoms with van der Waals surface area (Å²) in [5.74, 6) is -2.05. The van der Waals surface area contributed by atoms with Gasteiger partial charge in [0.25, 0.3) is 0 Å². The quantitative estimate of drug-likeness (QED) is 0.499. The number of hydrogen-bond acceptors (Lipinski definition) is 8. The number of fused-ring (bicyclic) bond motifs is 2. The van der Waals surface area contributed by atoms with Crippen molar-refractivity contribution in [1.82, 2.24) is 4.90 Å². The summed E-state index contributed by atoms with van der Waals surface area (Å²) in [6.45, 7) is 9.22. The van der Waals surface area contributed by atoms with Crippen LogP contribution >= 0.6 is 0 Å². The highest BCUT2D eigenvalue weighted by Crippen LogP contribution is 2.59. The minimum Gasteiger partial charge on any atom is -0.462 e. The van der Waals surface area contributed by atoms with E-state index in [-0.39, 0.29) is 29.7 Å². The van der Waals surface area contributed by atoms with E-state index in [1.807, 2.05) is 6.92 Å². The molecule has 0 aromatic carbocycles. The molecule has 0 aromatic heterocycles. The number of hydrogen-bond donors (Lipinski definition) is 1. The molecule has 4 aliphatic rings. The van der Waals surface area contributed by atoms with Crippen LogP contribution in [-0.4, -0.2) is 72.0 Å². The van der Waals surface area contributed by atoms with E-state index < -0.39 is 41.7 Å². The highest BCUT2D eigenvalue weighted by molar-refractivity contribution is 5.76. The molecule has 2 heterocycles. The van der Waals surface area contributed by atoms with Crippen molar-refractivity contribution in [2.24, 2.45) is 29.1 Å². The Balaban J connectivity index is 1.67. The molecule has 4 fully saturated rings. The fraction of sp³-hybridized carbons (Fsp3) is 0.880. The molecule has 0 radical (unpaired) electrons. The van der Waals surface area contributed by atoms with E-state index in [2.05, 4.69) is 11.8 Å². The molecule has 9 atom stereocenters. The molecule has 186 valence electrons. The lowest BCUT2D eigenvalue weighted by atomic mass is 9.66. The van der Waals surface area contributed by atoms with Crippen LogP contribution in [0.4, 0.5) is 0 Å². The Bertz CT molecular complexity index is 764. The highest BCUT2D eigenvalue weighted by atomic mass is 16.6. The molecule has 2 saturated carbocycles. The maximum atomic E-state index is 13.0. The summed E-state index contributed by atoms with van der Waals surface area (Å²) in [4.78, 5) is 39.2. The third-order valence-corrected chi connectivity index (χ3v) is 8.72. The summed E-state index contributed by atoms with van der Waals surface area (Å²) in [6, 6.07) is 0. The Labute approximate surface area is 196 Å². The van der Waals surface area contributed by atoms with Crippen LogP contribution in [-0.2, 0) is 28.6 Å². The van der Waals surface area contributed by atoms with Crippen LogP contribution in [0.2, 0.25) is 0 Å². The molecule has 2 saturated heterocycles. The number of rotatable bonds is 4. The zero-order chi connectivity index (χ0) is 23.9. The molecule has 4 rings (SSSR count). The lowest BCUT2D eigenvalue weighted by molar-refractivity contribution is -0.165. The Morgan fingerprint density at radius 3 is 2.33 bits per heavy atom. The van der Waals surface area contributed by atoms with Crippen molar-refractivity contribution in [2.75, 3.05) is 19.6 Å². The molecule has 1 N–H and O–H groups in total. The van der Waals surface area contributed by atoms with Gasteiger partial charge in [-0.1, -0.05) is 26.7 Å². The van der Waals surface area contributed by atoms with Crippen molar-refractivity contribution in [1.29, 1.82) is 0 Å². The first-order chi connectivity index (χ1) is 15.6. The Morgan fingerprint density at radius 1 is 1.09 bits per heavy atom. The van der Waals surface area contributed by atoms with Gasteiger partial charge in [0.1, 0.15) is 18.3 Å². The van der Waals surface area contributed by atoms with Gasteiger partial charge in [-0.3, -0.25) is 14.4 Å². The van der Waals surface area contributed by atoms with Crippen molar-refractivity contribution in [3.8, 4) is 0 Å². The summed E-state index contributed by atoms with van der Waals surface area (Å²) in [5.41, 5.74) is -0.852. The van der Waals surface area contributed by atoms with Crippen molar-refractivity contribution in [3.05, 3.63) is 0 Å². The van der Waals surface area contributed by atoms with Crippen molar-refractivity contribution < 1.29 is 33.7 Å². The summed E-state index contributed by atoms with van der Waals surface area (Å²) in [7, 11) is 0. The van der Waals surface area contributed by atoms with Crippen LogP contribution in [0.5, 0.6) is 0 Å². The fourth-order valence-electron chi connectivity index (χ4n) is 7.38. The molecule has 8 nitrogen and oxygen atoms in total. The smallest absolute Gasteiger partial charge is 0.311 e. The van der Waals surface area contributed by atoms with E-state index >= 15 is 0 Å². The molecule has 0 amide bonds. The van der Waals surface area contributed by atoms with Crippen molar-refractivity contribution in [3.63, 3.8) is 0 Å². The van der Waals surface area contributed by atoms with Crippen LogP contribution in [0.25, 0.3) is 0 Å². The van der Waals surface area contributed by atoms with Crippen molar-refractivity contribution >= 4 is 17.9 Å². The second kappa shape index (κ2) is 9.53. The van der Waals surface area contributed by atoms with E-state index in [9.17, 15) is 19.5 Å². The van der Waals surface area contributed by atoms with Gasteiger partial charge >= 0.3 is 17.9 Å². The van der Waals surface area contributed by atoms with Gasteiger partial charge in [0.05, 0.1) is 12.0 Å². The number of likely N-dealkylation sites (tertiary alicyclic amines) is 1. The molecule has 0 spiro atoms. The van der Waals surface area contributed by atoms with Gasteiger partial charge in [-0.2, -0.15) is 0 Å². The molecule has 2 aliphatic heterocycles. The molecular weight excluding hydrogens is 426 g/mol. The highest BCUT2D eigenvalue weighted by Gasteiger charge is 2.67. The van der Waals surface area contributed by atoms with Crippen molar-refractivity contribution in [2.45, 2.75) is 90.6 Å². The lowest BCUT2D eigenvalue weighted by Gasteiger charge is -2.43. The Morgan fingerprint density at radius 2 is 1.73 bits per heavy atom. The number of esters is 3. The van der Waals surface area contributed by atoms with E-state index in [1.54, 1.807) is 0 Å². The van der Waals surface area contributed by atoms with Crippen LogP contribution in [0.3, 0.4) is 0 Å². The van der Waals surface area contributed by atoms with Gasteiger partial charge in [-0.05, 0) is 38.3 Å². The summed E-state index contributed by atoms with van der Waals surface area (Å²) >= 11 is 0. The standard InChI is InChI=1S/C25H39NO7/c1-14-11-18-21(17(24(30)33-18)13-26-9-7-5-6-8-10-26)23(29)25(4)20(32-16(3)28)12-19(22(14)25)31-15(2)27/h14,17-23,29H,5-13H2,1-4H3/t14-,17?,18-,19+,20+,21+,22?,23+,25+/m0/s1. The monoisotopic (exact) mass is 465 g/mol. The minimum atomic E-state index is -0.925. The number of nitrogens with zero attached hydrogens (tertiary/aromatic N) is 1. The average Bonchev–Trinajstić information content (AvgIpc) is 2.99. The summed E-state index contributed by atoms with van der Waals surface area (Å²) < 4.78 is 17.3. The lowest BCUT2D eigenvalue weighted by Crippen LogP contribution is -2.52. The number of carbonyl (C=O) groups excluding carboxylic acids is 3. The SMILES string of the molecule is CC(=O)O[C@@H]1C[C@@H](OC(C)=O)[C@]2(C)C1[C@@H](C)C[C@@H]1OC(=O)C(CN3CCCCCC3)[C@H]1[C@H]2O. The van der Waals surface area contributed by atoms with Gasteiger partial charge in [-0.25, -0.2) is 0 Å². The van der Waals surface area contributed by atoms with Gasteiger partial charge in [0.2, 0.25) is 0 Å². The molecule has 2 unspecified atom stereocenters. The first kappa shape index (κ1) is 24.5. The van der Waals surface area contributed by atoms with Gasteiger partial charge in [-0.15, -0.1) is 0 Å². The number of carbonyl (C=O) groups is 3. The Hall–Kier alpha value is -1.67. The third-order valence-electron chi connectivity index (χ3n) is 8.72. The second-order valence-corrected chi connectivity index (χ2v) is 10.9. The normalized spacial score (nSPS) is 43.6. The van der Waals surface area contributed by atoms with Gasteiger partial charge < -0.3 is 24.2 Å². The first-order valence-corrected chi connectivity index (χ1v) is 12.6. The number of aliphatic hydroxyl groups excluding tert-OH is 1. The van der Waals surface area contributed by atoms with E-state index in [0.29, 0.717) is 19.4 Å². The van der Waals surface area contributed by atoms with E-state index in [0.717, 1.165) is 25.9 Å². The average molecular weight is 466 g/mol. The molecule has 0 bridgehead atoms. The largest absolute Gasteiger partial charge is 0.462 e. The van der Waals surface area contributed by atoms with Gasteiger partial charge in [0, 0.05) is 44.1 Å². The predicted molar refractivity (Wildman–Crippen MR) is 119 cm³/mol. The molecule has 2 aliphatic carbocycles. The Kier molecular flexibility index (Phi) is 7.06. The van der Waals surface area contributed by atoms with Crippen LogP contribution < -0.4 is 0 Å². The predicted octanol–water partition coefficient (Wildman–Crippen LogP) is 2.31. The first-order valence-electron chi connectivity index (χ1n) is 12.6. The topological polar surface area (TPSA) is 102 Å². The molecular formula is C25H39NO7. The fourth-order valence-corrected chi connectivity index (χ4v) is 7.38. The number of aliphatic hydroxyl groups is 1. The minimum absolute atomic E-state index is 0.00861. The second-order valence-electron chi connectivity index (χ2n) is 10.9. The third kappa shape index (κ3) is 4.53. The number of ether oxygens (including phenoxy) is 3. The van der Waals surface area contributed by atoms with Crippen LogP contribution in [0.15, 0.2) is 0 Å². The van der Waals surface area contributed by atoms with Crippen LogP contribution in [0.1, 0.15) is 66.2 Å². The van der Waals surface area contributed by atoms with E-state index in [1.165, 1.54) is 26.7 Å². The van der Waals surface area contributed by atoms with Gasteiger partial charge in [0.15, 0.2) is 0 Å². The molecule has 8 heteroatoms. The zero-order valence-corrected chi connectivity index (χ0v) is 20.3. The van der Waals surface area contributed by atoms with E-state index in [4.69, 9.17) is 14.2 Å².